The molecule has 0 aliphatic heterocycles. The number of rotatable bonds is 9. The third kappa shape index (κ3) is 8.68. The van der Waals surface area contributed by atoms with Crippen LogP contribution in [0.3, 0.4) is 0 Å². The van der Waals surface area contributed by atoms with Crippen molar-refractivity contribution in [1.82, 2.24) is 5.32 Å². The fourth-order valence-electron chi connectivity index (χ4n) is 1.40. The maximum Gasteiger partial charge on any atom is 0.219 e. The Bertz CT molecular complexity index is 183. The fraction of sp³-hybridized carbons (Fsp3) is 0.917. The summed E-state index contributed by atoms with van der Waals surface area (Å²) in [5.41, 5.74) is 0. The summed E-state index contributed by atoms with van der Waals surface area (Å²) < 4.78 is 5.45. The summed E-state index contributed by atoms with van der Waals surface area (Å²) in [6, 6.07) is 0. The summed E-state index contributed by atoms with van der Waals surface area (Å²) in [4.78, 5) is 11.0. The first-order valence-corrected chi connectivity index (χ1v) is 6.03. The van der Waals surface area contributed by atoms with Crippen LogP contribution < -0.4 is 5.32 Å². The average Bonchev–Trinajstić information content (AvgIpc) is 2.27. The van der Waals surface area contributed by atoms with Gasteiger partial charge in [-0.2, -0.15) is 0 Å². The average molecular weight is 231 g/mol. The molecule has 16 heavy (non-hydrogen) atoms. The Morgan fingerprint density at radius 1 is 1.38 bits per heavy atom. The van der Waals surface area contributed by atoms with Gasteiger partial charge in [-0.05, 0) is 26.7 Å². The second-order valence-electron chi connectivity index (χ2n) is 4.35. The van der Waals surface area contributed by atoms with Gasteiger partial charge in [0.05, 0.1) is 12.7 Å². The van der Waals surface area contributed by atoms with Crippen LogP contribution in [0.4, 0.5) is 0 Å². The van der Waals surface area contributed by atoms with Crippen molar-refractivity contribution in [3.05, 3.63) is 0 Å². The van der Waals surface area contributed by atoms with Crippen LogP contribution in [0.25, 0.3) is 0 Å². The highest BCUT2D eigenvalue weighted by Gasteiger charge is 2.09. The molecule has 0 saturated heterocycles. The normalized spacial score (nSPS) is 12.8. The highest BCUT2D eigenvalue weighted by Crippen LogP contribution is 2.11. The number of nitrogens with one attached hydrogen (secondary N) is 1. The highest BCUT2D eigenvalue weighted by molar-refractivity contribution is 5.75. The number of hydrogen-bond acceptors (Lipinski definition) is 3. The maximum absolute atomic E-state index is 11.0. The van der Waals surface area contributed by atoms with Gasteiger partial charge in [-0.25, -0.2) is 0 Å². The Morgan fingerprint density at radius 2 is 2.06 bits per heavy atom. The number of unbranched alkanes of at least 4 members (excludes halogenated alkanes) is 1. The van der Waals surface area contributed by atoms with Gasteiger partial charge in [-0.1, -0.05) is 6.42 Å². The molecule has 1 atom stereocenters. The summed E-state index contributed by atoms with van der Waals surface area (Å²) in [6.07, 6.45) is 3.53. The third-order valence-corrected chi connectivity index (χ3v) is 2.47. The van der Waals surface area contributed by atoms with E-state index in [2.05, 4.69) is 5.32 Å². The molecule has 0 aliphatic carbocycles. The summed E-state index contributed by atoms with van der Waals surface area (Å²) in [5.74, 6) is 0.283. The monoisotopic (exact) mass is 231 g/mol. The van der Waals surface area contributed by atoms with E-state index in [4.69, 9.17) is 9.84 Å². The molecule has 0 aromatic rings. The first-order chi connectivity index (χ1) is 7.60. The minimum atomic E-state index is 0.0824. The van der Waals surface area contributed by atoms with Crippen LogP contribution in [0.1, 0.15) is 39.5 Å². The molecule has 4 heteroatoms. The number of ether oxygens (including phenoxy) is 1. The van der Waals surface area contributed by atoms with Crippen LogP contribution >= 0.6 is 0 Å². The lowest BCUT2D eigenvalue weighted by atomic mass is 10.0. The molecule has 0 aromatic heterocycles. The number of amides is 1. The first kappa shape index (κ1) is 15.4. The van der Waals surface area contributed by atoms with E-state index in [9.17, 15) is 4.79 Å². The van der Waals surface area contributed by atoms with E-state index in [1.165, 1.54) is 0 Å². The summed E-state index contributed by atoms with van der Waals surface area (Å²) in [6.45, 7) is 4.74. The smallest absolute Gasteiger partial charge is 0.219 e. The quantitative estimate of drug-likeness (QED) is 0.588. The summed E-state index contributed by atoms with van der Waals surface area (Å²) >= 11 is 0. The van der Waals surface area contributed by atoms with E-state index in [0.29, 0.717) is 13.0 Å². The molecular weight excluding hydrogens is 206 g/mol. The Hall–Kier alpha value is -0.610. The molecule has 0 bridgehead atoms. The molecule has 2 N–H and O–H groups in total. The SMILES string of the molecule is CNC(=O)CCCCC(CO)COC(C)C. The number of carbonyl (C=O) groups is 1. The van der Waals surface area contributed by atoms with E-state index in [0.717, 1.165) is 19.3 Å². The van der Waals surface area contributed by atoms with Crippen LogP contribution in [-0.4, -0.2) is 37.4 Å². The minimum Gasteiger partial charge on any atom is -0.396 e. The van der Waals surface area contributed by atoms with Gasteiger partial charge in [-0.3, -0.25) is 4.79 Å². The van der Waals surface area contributed by atoms with Crippen LogP contribution in [0.15, 0.2) is 0 Å². The lowest BCUT2D eigenvalue weighted by Crippen LogP contribution is -2.18. The van der Waals surface area contributed by atoms with Gasteiger partial charge in [0.2, 0.25) is 5.91 Å². The van der Waals surface area contributed by atoms with Crippen molar-refractivity contribution >= 4 is 5.91 Å². The lowest BCUT2D eigenvalue weighted by Gasteiger charge is -2.16. The number of carbonyl (C=O) groups excluding carboxylic acids is 1. The van der Waals surface area contributed by atoms with Crippen molar-refractivity contribution < 1.29 is 14.6 Å². The van der Waals surface area contributed by atoms with Crippen molar-refractivity contribution in [1.29, 1.82) is 0 Å². The Labute approximate surface area is 98.4 Å². The molecule has 1 unspecified atom stereocenters. The second kappa shape index (κ2) is 9.60. The predicted octanol–water partition coefficient (Wildman–Crippen LogP) is 1.33. The molecule has 0 aromatic carbocycles. The first-order valence-electron chi connectivity index (χ1n) is 6.03. The van der Waals surface area contributed by atoms with Gasteiger partial charge >= 0.3 is 0 Å². The minimum absolute atomic E-state index is 0.0824. The standard InChI is InChI=1S/C12H25NO3/c1-10(2)16-9-11(8-14)6-4-5-7-12(15)13-3/h10-11,14H,4-9H2,1-3H3,(H,13,15). The summed E-state index contributed by atoms with van der Waals surface area (Å²) in [7, 11) is 1.65. The van der Waals surface area contributed by atoms with Gasteiger partial charge in [0.1, 0.15) is 0 Å². The van der Waals surface area contributed by atoms with Crippen molar-refractivity contribution in [3.8, 4) is 0 Å². The number of hydrogen-bond donors (Lipinski definition) is 2. The van der Waals surface area contributed by atoms with Crippen LogP contribution in [0.2, 0.25) is 0 Å². The van der Waals surface area contributed by atoms with Crippen LogP contribution in [-0.2, 0) is 9.53 Å². The largest absolute Gasteiger partial charge is 0.396 e. The predicted molar refractivity (Wildman–Crippen MR) is 64.2 cm³/mol. The molecule has 96 valence electrons. The molecule has 0 radical (unpaired) electrons. The van der Waals surface area contributed by atoms with E-state index in [1.807, 2.05) is 13.8 Å². The Balaban J connectivity index is 3.51. The molecule has 0 aliphatic rings. The molecule has 0 heterocycles. The van der Waals surface area contributed by atoms with Gasteiger partial charge in [-0.15, -0.1) is 0 Å². The topological polar surface area (TPSA) is 58.6 Å². The number of aliphatic hydroxyl groups excluding tert-OH is 1. The lowest BCUT2D eigenvalue weighted by molar-refractivity contribution is -0.120. The third-order valence-electron chi connectivity index (χ3n) is 2.47. The second-order valence-corrected chi connectivity index (χ2v) is 4.35. The van der Waals surface area contributed by atoms with Crippen molar-refractivity contribution in [2.75, 3.05) is 20.3 Å². The molecule has 1 amide bonds. The van der Waals surface area contributed by atoms with E-state index >= 15 is 0 Å². The van der Waals surface area contributed by atoms with E-state index in [-0.39, 0.29) is 24.5 Å². The van der Waals surface area contributed by atoms with Gasteiger partial charge < -0.3 is 15.2 Å². The van der Waals surface area contributed by atoms with Crippen LogP contribution in [0, 0.1) is 5.92 Å². The van der Waals surface area contributed by atoms with Crippen molar-refractivity contribution in [2.45, 2.75) is 45.6 Å². The zero-order chi connectivity index (χ0) is 12.4. The molecule has 0 fully saturated rings. The Kier molecular flexibility index (Phi) is 9.24. The molecular formula is C12H25NO3. The molecule has 0 rings (SSSR count). The fourth-order valence-corrected chi connectivity index (χ4v) is 1.40. The van der Waals surface area contributed by atoms with Crippen LogP contribution in [0.5, 0.6) is 0 Å². The zero-order valence-corrected chi connectivity index (χ0v) is 10.7. The molecule has 4 nitrogen and oxygen atoms in total. The van der Waals surface area contributed by atoms with Crippen molar-refractivity contribution in [2.24, 2.45) is 5.92 Å². The molecule has 0 saturated carbocycles. The van der Waals surface area contributed by atoms with E-state index < -0.39 is 0 Å². The van der Waals surface area contributed by atoms with Gasteiger partial charge in [0, 0.05) is 26.0 Å². The number of aliphatic hydroxyl groups is 1. The van der Waals surface area contributed by atoms with Gasteiger partial charge in [0.15, 0.2) is 0 Å². The highest BCUT2D eigenvalue weighted by atomic mass is 16.5. The van der Waals surface area contributed by atoms with Crippen molar-refractivity contribution in [3.63, 3.8) is 0 Å². The van der Waals surface area contributed by atoms with E-state index in [1.54, 1.807) is 7.05 Å². The zero-order valence-electron chi connectivity index (χ0n) is 10.7. The summed E-state index contributed by atoms with van der Waals surface area (Å²) in [5, 5.41) is 11.7. The molecule has 0 spiro atoms. The Morgan fingerprint density at radius 3 is 2.56 bits per heavy atom. The van der Waals surface area contributed by atoms with Gasteiger partial charge in [0.25, 0.3) is 0 Å². The maximum atomic E-state index is 11.0.